The van der Waals surface area contributed by atoms with Crippen LogP contribution >= 0.6 is 15.9 Å². The molecule has 0 aliphatic rings. The van der Waals surface area contributed by atoms with E-state index in [1.807, 2.05) is 18.2 Å². The van der Waals surface area contributed by atoms with Crippen molar-refractivity contribution in [3.63, 3.8) is 0 Å². The topological polar surface area (TPSA) is 60.2 Å². The second kappa shape index (κ2) is 6.78. The average Bonchev–Trinajstić information content (AvgIpc) is 2.46. The molecule has 0 saturated carbocycles. The van der Waals surface area contributed by atoms with Crippen LogP contribution in [-0.4, -0.2) is 12.1 Å². The van der Waals surface area contributed by atoms with Gasteiger partial charge in [-0.1, -0.05) is 15.9 Å². The molecule has 0 saturated heterocycles. The van der Waals surface area contributed by atoms with Gasteiger partial charge in [-0.05, 0) is 42.3 Å². The summed E-state index contributed by atoms with van der Waals surface area (Å²) in [6.07, 6.45) is 2.01. The maximum absolute atomic E-state index is 13.8. The molecule has 1 atom stereocenters. The third-order valence-corrected chi connectivity index (χ3v) is 3.48. The molecule has 2 aromatic rings. The molecule has 1 aromatic heterocycles. The summed E-state index contributed by atoms with van der Waals surface area (Å²) < 4.78 is 20.0. The second-order valence-electron chi connectivity index (χ2n) is 4.25. The smallest absolute Gasteiger partial charge is 0.146 e. The van der Waals surface area contributed by atoms with Crippen molar-refractivity contribution in [3.05, 3.63) is 58.1 Å². The van der Waals surface area contributed by atoms with Gasteiger partial charge in [0, 0.05) is 10.7 Å². The molecule has 0 amide bonds. The summed E-state index contributed by atoms with van der Waals surface area (Å²) in [4.78, 5) is 4.05. The summed E-state index contributed by atoms with van der Waals surface area (Å²) in [7, 11) is 1.60. The van der Waals surface area contributed by atoms with E-state index in [-0.39, 0.29) is 11.5 Å². The molecule has 3 N–H and O–H groups in total. The fraction of sp³-hybridized carbons (Fsp3) is 0.214. The van der Waals surface area contributed by atoms with Gasteiger partial charge >= 0.3 is 0 Å². The number of methoxy groups -OCH3 is 1. The number of hydrogen-bond acceptors (Lipinski definition) is 4. The van der Waals surface area contributed by atoms with Gasteiger partial charge in [0.15, 0.2) is 0 Å². The molecule has 1 unspecified atom stereocenters. The van der Waals surface area contributed by atoms with Gasteiger partial charge < -0.3 is 4.74 Å². The zero-order valence-corrected chi connectivity index (χ0v) is 12.5. The van der Waals surface area contributed by atoms with E-state index in [1.165, 1.54) is 6.07 Å². The number of nitrogens with two attached hydrogens (primary N) is 1. The highest BCUT2D eigenvalue weighted by Gasteiger charge is 2.18. The quantitative estimate of drug-likeness (QED) is 0.649. The normalized spacial score (nSPS) is 12.2. The van der Waals surface area contributed by atoms with Crippen molar-refractivity contribution in [1.82, 2.24) is 10.4 Å². The Labute approximate surface area is 125 Å². The summed E-state index contributed by atoms with van der Waals surface area (Å²) in [5.41, 5.74) is 3.81. The van der Waals surface area contributed by atoms with Crippen LogP contribution in [0, 0.1) is 5.82 Å². The Morgan fingerprint density at radius 1 is 1.45 bits per heavy atom. The molecular weight excluding hydrogens is 325 g/mol. The van der Waals surface area contributed by atoms with E-state index in [0.29, 0.717) is 6.42 Å². The largest absolute Gasteiger partial charge is 0.496 e. The molecule has 0 radical (unpaired) electrons. The standard InChI is InChI=1S/C14H15BrFN3O/c1-20-13-5-4-10(15)7-9(13)8-12(19-17)14-11(16)3-2-6-18-14/h2-7,12,19H,8,17H2,1H3. The maximum Gasteiger partial charge on any atom is 0.146 e. The van der Waals surface area contributed by atoms with E-state index in [2.05, 4.69) is 26.3 Å². The van der Waals surface area contributed by atoms with Crippen LogP contribution in [0.25, 0.3) is 0 Å². The summed E-state index contributed by atoms with van der Waals surface area (Å²) >= 11 is 3.41. The Morgan fingerprint density at radius 2 is 2.25 bits per heavy atom. The van der Waals surface area contributed by atoms with E-state index in [9.17, 15) is 4.39 Å². The first kappa shape index (κ1) is 14.9. The van der Waals surface area contributed by atoms with E-state index in [4.69, 9.17) is 10.6 Å². The van der Waals surface area contributed by atoms with Crippen molar-refractivity contribution < 1.29 is 9.13 Å². The third-order valence-electron chi connectivity index (χ3n) is 2.98. The van der Waals surface area contributed by atoms with Crippen LogP contribution in [-0.2, 0) is 6.42 Å². The van der Waals surface area contributed by atoms with Crippen LogP contribution in [0.5, 0.6) is 5.75 Å². The lowest BCUT2D eigenvalue weighted by Crippen LogP contribution is -2.31. The molecular formula is C14H15BrFN3O. The highest BCUT2D eigenvalue weighted by atomic mass is 79.9. The van der Waals surface area contributed by atoms with E-state index in [0.717, 1.165) is 15.8 Å². The van der Waals surface area contributed by atoms with Crippen molar-refractivity contribution in [2.24, 2.45) is 5.84 Å². The molecule has 0 fully saturated rings. The summed E-state index contributed by atoms with van der Waals surface area (Å²) in [6.45, 7) is 0. The van der Waals surface area contributed by atoms with Crippen molar-refractivity contribution >= 4 is 15.9 Å². The first-order chi connectivity index (χ1) is 9.65. The Balaban J connectivity index is 2.31. The second-order valence-corrected chi connectivity index (χ2v) is 5.17. The lowest BCUT2D eigenvalue weighted by atomic mass is 10.0. The highest BCUT2D eigenvalue weighted by Crippen LogP contribution is 2.27. The number of halogens is 2. The van der Waals surface area contributed by atoms with Crippen molar-refractivity contribution in [2.75, 3.05) is 7.11 Å². The molecule has 20 heavy (non-hydrogen) atoms. The number of benzene rings is 1. The predicted octanol–water partition coefficient (Wildman–Crippen LogP) is 2.74. The number of pyridine rings is 1. The fourth-order valence-electron chi connectivity index (χ4n) is 2.02. The Morgan fingerprint density at radius 3 is 2.90 bits per heavy atom. The van der Waals surface area contributed by atoms with Crippen LogP contribution in [0.1, 0.15) is 17.3 Å². The van der Waals surface area contributed by atoms with Gasteiger partial charge in [0.05, 0.1) is 18.8 Å². The maximum atomic E-state index is 13.8. The lowest BCUT2D eigenvalue weighted by molar-refractivity contribution is 0.404. The molecule has 2 rings (SSSR count). The Hall–Kier alpha value is -1.50. The van der Waals surface area contributed by atoms with E-state index >= 15 is 0 Å². The van der Waals surface area contributed by atoms with Gasteiger partial charge in [-0.25, -0.2) is 4.39 Å². The number of hydrogen-bond donors (Lipinski definition) is 2. The molecule has 106 valence electrons. The van der Waals surface area contributed by atoms with E-state index < -0.39 is 6.04 Å². The molecule has 6 heteroatoms. The minimum Gasteiger partial charge on any atom is -0.496 e. The number of aromatic nitrogens is 1. The van der Waals surface area contributed by atoms with Gasteiger partial charge in [0.2, 0.25) is 0 Å². The average molecular weight is 340 g/mol. The zero-order valence-electron chi connectivity index (χ0n) is 10.9. The van der Waals surface area contributed by atoms with E-state index in [1.54, 1.807) is 19.4 Å². The Bertz CT molecular complexity index is 594. The van der Waals surface area contributed by atoms with Gasteiger partial charge in [0.25, 0.3) is 0 Å². The number of hydrazine groups is 1. The highest BCUT2D eigenvalue weighted by molar-refractivity contribution is 9.10. The van der Waals surface area contributed by atoms with Crippen LogP contribution in [0.3, 0.4) is 0 Å². The molecule has 0 aliphatic carbocycles. The van der Waals surface area contributed by atoms with Crippen LogP contribution in [0.15, 0.2) is 41.0 Å². The van der Waals surface area contributed by atoms with Gasteiger partial charge in [-0.15, -0.1) is 0 Å². The van der Waals surface area contributed by atoms with Crippen molar-refractivity contribution in [3.8, 4) is 5.75 Å². The fourth-order valence-corrected chi connectivity index (χ4v) is 2.42. The number of rotatable bonds is 5. The van der Waals surface area contributed by atoms with Crippen LogP contribution < -0.4 is 16.0 Å². The summed E-state index contributed by atoms with van der Waals surface area (Å²) in [6, 6.07) is 8.14. The van der Waals surface area contributed by atoms with Crippen molar-refractivity contribution in [1.29, 1.82) is 0 Å². The SMILES string of the molecule is COc1ccc(Br)cc1CC(NN)c1ncccc1F. The van der Waals surface area contributed by atoms with Crippen LogP contribution in [0.2, 0.25) is 0 Å². The van der Waals surface area contributed by atoms with Gasteiger partial charge in [-0.2, -0.15) is 0 Å². The molecule has 1 aromatic carbocycles. The molecule has 1 heterocycles. The molecule has 0 aliphatic heterocycles. The lowest BCUT2D eigenvalue weighted by Gasteiger charge is -2.17. The van der Waals surface area contributed by atoms with Crippen molar-refractivity contribution in [2.45, 2.75) is 12.5 Å². The predicted molar refractivity (Wildman–Crippen MR) is 78.7 cm³/mol. The van der Waals surface area contributed by atoms with Crippen LogP contribution in [0.4, 0.5) is 4.39 Å². The van der Waals surface area contributed by atoms with Gasteiger partial charge in [0.1, 0.15) is 11.6 Å². The minimum absolute atomic E-state index is 0.289. The summed E-state index contributed by atoms with van der Waals surface area (Å²) in [5, 5.41) is 0. The number of nitrogens with zero attached hydrogens (tertiary/aromatic N) is 1. The first-order valence-electron chi connectivity index (χ1n) is 6.04. The molecule has 4 nitrogen and oxygen atoms in total. The first-order valence-corrected chi connectivity index (χ1v) is 6.84. The number of ether oxygens (including phenoxy) is 1. The minimum atomic E-state index is -0.431. The summed E-state index contributed by atoms with van der Waals surface area (Å²) in [5.74, 6) is 5.88. The Kier molecular flexibility index (Phi) is 5.05. The monoisotopic (exact) mass is 339 g/mol. The molecule has 0 bridgehead atoms. The zero-order chi connectivity index (χ0) is 14.5. The van der Waals surface area contributed by atoms with Gasteiger partial charge in [-0.3, -0.25) is 16.3 Å². The molecule has 0 spiro atoms. The third kappa shape index (κ3) is 3.33. The number of nitrogens with one attached hydrogen (secondary N) is 1.